The summed E-state index contributed by atoms with van der Waals surface area (Å²) in [5, 5.41) is 2.75. The fourth-order valence-electron chi connectivity index (χ4n) is 1.72. The van der Waals surface area contributed by atoms with Crippen LogP contribution in [0.25, 0.3) is 0 Å². The molecule has 0 radical (unpaired) electrons. The van der Waals surface area contributed by atoms with Crippen molar-refractivity contribution in [2.45, 2.75) is 20.3 Å². The van der Waals surface area contributed by atoms with E-state index in [4.69, 9.17) is 16.3 Å². The molecule has 1 rings (SSSR count). The average molecular weight is 256 g/mol. The first-order valence-corrected chi connectivity index (χ1v) is 6.08. The maximum atomic E-state index is 11.0. The molecule has 0 heterocycles. The molecular weight excluding hydrogens is 238 g/mol. The van der Waals surface area contributed by atoms with E-state index in [2.05, 4.69) is 11.4 Å². The van der Waals surface area contributed by atoms with Gasteiger partial charge in [0.05, 0.1) is 7.11 Å². The van der Waals surface area contributed by atoms with Crippen molar-refractivity contribution in [3.8, 4) is 5.75 Å². The zero-order chi connectivity index (χ0) is 12.8. The van der Waals surface area contributed by atoms with Crippen LogP contribution in [-0.4, -0.2) is 25.4 Å². The number of alkyl halides is 1. The van der Waals surface area contributed by atoms with Gasteiger partial charge in [-0.1, -0.05) is 6.07 Å². The Kier molecular flexibility index (Phi) is 5.29. The zero-order valence-electron chi connectivity index (χ0n) is 10.5. The van der Waals surface area contributed by atoms with Gasteiger partial charge in [0.15, 0.2) is 0 Å². The van der Waals surface area contributed by atoms with Gasteiger partial charge in [0.1, 0.15) is 11.6 Å². The molecule has 17 heavy (non-hydrogen) atoms. The number of amides is 1. The van der Waals surface area contributed by atoms with Gasteiger partial charge in [-0.05, 0) is 43.0 Å². The maximum Gasteiger partial charge on any atom is 0.234 e. The van der Waals surface area contributed by atoms with Crippen molar-refractivity contribution in [1.29, 1.82) is 0 Å². The van der Waals surface area contributed by atoms with Crippen LogP contribution in [0.5, 0.6) is 5.75 Å². The molecule has 3 nitrogen and oxygen atoms in total. The number of carbonyl (C=O) groups excluding carboxylic acids is 1. The van der Waals surface area contributed by atoms with Gasteiger partial charge in [0, 0.05) is 6.54 Å². The molecule has 0 saturated heterocycles. The Labute approximate surface area is 107 Å². The molecule has 0 unspecified atom stereocenters. The second kappa shape index (κ2) is 6.50. The van der Waals surface area contributed by atoms with Crippen LogP contribution in [0.15, 0.2) is 12.1 Å². The molecule has 1 aromatic carbocycles. The Morgan fingerprint density at radius 1 is 1.35 bits per heavy atom. The molecule has 0 bridgehead atoms. The second-order valence-electron chi connectivity index (χ2n) is 3.98. The standard InChI is InChI=1S/C13H18ClNO2/c1-9-7-12(17-3)10(2)6-11(9)4-5-15-13(16)8-14/h6-7H,4-5,8H2,1-3H3,(H,15,16). The van der Waals surface area contributed by atoms with Crippen LogP contribution in [0.2, 0.25) is 0 Å². The van der Waals surface area contributed by atoms with Crippen LogP contribution < -0.4 is 10.1 Å². The summed E-state index contributed by atoms with van der Waals surface area (Å²) in [4.78, 5) is 11.0. The van der Waals surface area contributed by atoms with Crippen molar-refractivity contribution in [3.05, 3.63) is 28.8 Å². The third-order valence-electron chi connectivity index (χ3n) is 2.69. The van der Waals surface area contributed by atoms with Gasteiger partial charge in [-0.25, -0.2) is 0 Å². The van der Waals surface area contributed by atoms with Crippen molar-refractivity contribution in [2.24, 2.45) is 0 Å². The Bertz CT molecular complexity index is 405. The van der Waals surface area contributed by atoms with Gasteiger partial charge in [0.25, 0.3) is 0 Å². The Morgan fingerprint density at radius 3 is 2.65 bits per heavy atom. The summed E-state index contributed by atoms with van der Waals surface area (Å²) < 4.78 is 5.25. The smallest absolute Gasteiger partial charge is 0.234 e. The predicted molar refractivity (Wildman–Crippen MR) is 69.9 cm³/mol. The average Bonchev–Trinajstić information content (AvgIpc) is 2.32. The third-order valence-corrected chi connectivity index (χ3v) is 2.93. The number of nitrogens with one attached hydrogen (secondary N) is 1. The van der Waals surface area contributed by atoms with E-state index in [9.17, 15) is 4.79 Å². The summed E-state index contributed by atoms with van der Waals surface area (Å²) >= 11 is 5.40. The van der Waals surface area contributed by atoms with Gasteiger partial charge >= 0.3 is 0 Å². The number of hydrogen-bond acceptors (Lipinski definition) is 2. The molecule has 94 valence electrons. The molecule has 0 spiro atoms. The number of methoxy groups -OCH3 is 1. The molecule has 0 aliphatic carbocycles. The monoisotopic (exact) mass is 255 g/mol. The van der Waals surface area contributed by atoms with Crippen LogP contribution in [0, 0.1) is 13.8 Å². The number of benzene rings is 1. The molecule has 1 N–H and O–H groups in total. The highest BCUT2D eigenvalue weighted by atomic mass is 35.5. The molecule has 0 saturated carbocycles. The molecule has 0 aliphatic heterocycles. The Hall–Kier alpha value is -1.22. The predicted octanol–water partition coefficient (Wildman–Crippen LogP) is 2.21. The van der Waals surface area contributed by atoms with Crippen LogP contribution in [0.4, 0.5) is 0 Å². The highest BCUT2D eigenvalue weighted by Gasteiger charge is 2.05. The molecule has 0 aliphatic rings. The fourth-order valence-corrected chi connectivity index (χ4v) is 1.82. The lowest BCUT2D eigenvalue weighted by Gasteiger charge is -2.11. The lowest BCUT2D eigenvalue weighted by Crippen LogP contribution is -2.26. The lowest BCUT2D eigenvalue weighted by molar-refractivity contribution is -0.118. The minimum atomic E-state index is -0.130. The summed E-state index contributed by atoms with van der Waals surface area (Å²) in [5.41, 5.74) is 3.50. The van der Waals surface area contributed by atoms with Gasteiger partial charge in [-0.3, -0.25) is 4.79 Å². The van der Waals surface area contributed by atoms with E-state index in [0.717, 1.165) is 17.7 Å². The number of carbonyl (C=O) groups is 1. The van der Waals surface area contributed by atoms with Gasteiger partial charge < -0.3 is 10.1 Å². The van der Waals surface area contributed by atoms with Crippen molar-refractivity contribution >= 4 is 17.5 Å². The van der Waals surface area contributed by atoms with E-state index in [0.29, 0.717) is 6.54 Å². The SMILES string of the molecule is COc1cc(C)c(CCNC(=O)CCl)cc1C. The van der Waals surface area contributed by atoms with E-state index >= 15 is 0 Å². The topological polar surface area (TPSA) is 38.3 Å². The molecule has 0 fully saturated rings. The summed E-state index contributed by atoms with van der Waals surface area (Å²) in [6, 6.07) is 4.12. The molecule has 0 atom stereocenters. The lowest BCUT2D eigenvalue weighted by atomic mass is 10.0. The molecule has 1 amide bonds. The quantitative estimate of drug-likeness (QED) is 0.820. The van der Waals surface area contributed by atoms with E-state index in [1.165, 1.54) is 11.1 Å². The number of aryl methyl sites for hydroxylation is 2. The molecule has 0 aromatic heterocycles. The fraction of sp³-hybridized carbons (Fsp3) is 0.462. The third kappa shape index (κ3) is 3.93. The Balaban J connectivity index is 2.65. The molecule has 4 heteroatoms. The van der Waals surface area contributed by atoms with Gasteiger partial charge in [0.2, 0.25) is 5.91 Å². The summed E-state index contributed by atoms with van der Waals surface area (Å²) in [6.07, 6.45) is 0.805. The first kappa shape index (κ1) is 13.8. The summed E-state index contributed by atoms with van der Waals surface area (Å²) in [7, 11) is 1.67. The second-order valence-corrected chi connectivity index (χ2v) is 4.25. The number of ether oxygens (including phenoxy) is 1. The summed E-state index contributed by atoms with van der Waals surface area (Å²) in [6.45, 7) is 4.66. The van der Waals surface area contributed by atoms with Crippen LogP contribution in [0.1, 0.15) is 16.7 Å². The highest BCUT2D eigenvalue weighted by Crippen LogP contribution is 2.22. The normalized spacial score (nSPS) is 10.1. The Morgan fingerprint density at radius 2 is 2.06 bits per heavy atom. The van der Waals surface area contributed by atoms with Crippen LogP contribution >= 0.6 is 11.6 Å². The zero-order valence-corrected chi connectivity index (χ0v) is 11.2. The summed E-state index contributed by atoms with van der Waals surface area (Å²) in [5.74, 6) is 0.784. The number of rotatable bonds is 5. The largest absolute Gasteiger partial charge is 0.496 e. The van der Waals surface area contributed by atoms with E-state index < -0.39 is 0 Å². The van der Waals surface area contributed by atoms with Crippen molar-refractivity contribution < 1.29 is 9.53 Å². The van der Waals surface area contributed by atoms with Crippen molar-refractivity contribution in [1.82, 2.24) is 5.32 Å². The van der Waals surface area contributed by atoms with E-state index in [-0.39, 0.29) is 11.8 Å². The minimum absolute atomic E-state index is 0.0145. The van der Waals surface area contributed by atoms with Crippen molar-refractivity contribution in [3.63, 3.8) is 0 Å². The van der Waals surface area contributed by atoms with E-state index in [1.807, 2.05) is 19.9 Å². The minimum Gasteiger partial charge on any atom is -0.496 e. The van der Waals surface area contributed by atoms with Gasteiger partial charge in [-0.15, -0.1) is 11.6 Å². The van der Waals surface area contributed by atoms with Crippen LogP contribution in [0.3, 0.4) is 0 Å². The first-order valence-electron chi connectivity index (χ1n) is 5.55. The highest BCUT2D eigenvalue weighted by molar-refractivity contribution is 6.27. The van der Waals surface area contributed by atoms with Crippen molar-refractivity contribution in [2.75, 3.05) is 19.5 Å². The first-order chi connectivity index (χ1) is 8.08. The molecule has 1 aromatic rings. The van der Waals surface area contributed by atoms with Crippen LogP contribution in [-0.2, 0) is 11.2 Å². The number of hydrogen-bond donors (Lipinski definition) is 1. The van der Waals surface area contributed by atoms with E-state index in [1.54, 1.807) is 7.11 Å². The molecular formula is C13H18ClNO2. The van der Waals surface area contributed by atoms with Gasteiger partial charge in [-0.2, -0.15) is 0 Å². The number of halogens is 1. The maximum absolute atomic E-state index is 11.0.